The van der Waals surface area contributed by atoms with E-state index >= 15 is 0 Å². The summed E-state index contributed by atoms with van der Waals surface area (Å²) >= 11 is 5.52. The van der Waals surface area contributed by atoms with Gasteiger partial charge in [0.15, 0.2) is 0 Å². The average molecular weight is 235 g/mol. The molecule has 0 aliphatic rings. The zero-order chi connectivity index (χ0) is 10.6. The van der Waals surface area contributed by atoms with Crippen LogP contribution in [0, 0.1) is 6.92 Å². The molecule has 0 radical (unpaired) electrons. The first-order valence-corrected chi connectivity index (χ1v) is 6.69. The van der Waals surface area contributed by atoms with E-state index in [1.54, 1.807) is 19.1 Å². The predicted molar refractivity (Wildman–Crippen MR) is 56.9 cm³/mol. The van der Waals surface area contributed by atoms with E-state index < -0.39 is 6.95 Å². The molecule has 1 aromatic rings. The van der Waals surface area contributed by atoms with Gasteiger partial charge < -0.3 is 4.52 Å². The van der Waals surface area contributed by atoms with Gasteiger partial charge in [-0.15, -0.1) is 0 Å². The summed E-state index contributed by atoms with van der Waals surface area (Å²) in [6, 6.07) is 7.09. The second-order valence-electron chi connectivity index (χ2n) is 2.75. The molecule has 5 heteroatoms. The number of halogens is 1. The number of benzene rings is 1. The van der Waals surface area contributed by atoms with Gasteiger partial charge in [-0.3, -0.25) is 4.52 Å². The zero-order valence-electron chi connectivity index (χ0n) is 8.07. The molecule has 1 atom stereocenters. The minimum atomic E-state index is -3.46. The third kappa shape index (κ3) is 3.70. The van der Waals surface area contributed by atoms with Crippen molar-refractivity contribution in [2.24, 2.45) is 0 Å². The quantitative estimate of drug-likeness (QED) is 0.744. The number of hydrogen-bond donors (Lipinski definition) is 0. The first-order chi connectivity index (χ1) is 6.53. The summed E-state index contributed by atoms with van der Waals surface area (Å²) in [7, 11) is 0. The smallest absolute Gasteiger partial charge is 0.413 e. The van der Waals surface area contributed by atoms with Crippen molar-refractivity contribution in [1.29, 1.82) is 0 Å². The topological polar surface area (TPSA) is 35.5 Å². The Kier molecular flexibility index (Phi) is 3.99. The monoisotopic (exact) mass is 234 g/mol. The van der Waals surface area contributed by atoms with E-state index in [-0.39, 0.29) is 6.61 Å². The van der Waals surface area contributed by atoms with Crippen LogP contribution < -0.4 is 4.52 Å². The Balaban J connectivity index is 2.69. The first kappa shape index (κ1) is 11.6. The van der Waals surface area contributed by atoms with Gasteiger partial charge in [-0.1, -0.05) is 17.7 Å². The van der Waals surface area contributed by atoms with Crippen LogP contribution in [0.2, 0.25) is 0 Å². The predicted octanol–water partition coefficient (Wildman–Crippen LogP) is 3.76. The van der Waals surface area contributed by atoms with Gasteiger partial charge in [0, 0.05) is 11.2 Å². The molecular formula is C9H12ClO3P. The summed E-state index contributed by atoms with van der Waals surface area (Å²) in [5, 5.41) is 0. The normalized spacial score (nSPS) is 14.8. The van der Waals surface area contributed by atoms with Crippen LogP contribution in [0.4, 0.5) is 0 Å². The number of hydrogen-bond acceptors (Lipinski definition) is 3. The van der Waals surface area contributed by atoms with Gasteiger partial charge in [0.05, 0.1) is 6.61 Å². The molecule has 78 valence electrons. The van der Waals surface area contributed by atoms with Crippen LogP contribution in [0.15, 0.2) is 24.3 Å². The fourth-order valence-electron chi connectivity index (χ4n) is 0.906. The van der Waals surface area contributed by atoms with Crippen molar-refractivity contribution < 1.29 is 13.6 Å². The van der Waals surface area contributed by atoms with E-state index in [9.17, 15) is 4.57 Å². The highest BCUT2D eigenvalue weighted by molar-refractivity contribution is 7.81. The lowest BCUT2D eigenvalue weighted by molar-refractivity contribution is 0.295. The van der Waals surface area contributed by atoms with Crippen molar-refractivity contribution in [2.45, 2.75) is 13.8 Å². The Morgan fingerprint density at radius 1 is 1.36 bits per heavy atom. The SMILES string of the molecule is CCO[P@@](=O)(Cl)Oc1ccc(C)cc1. The summed E-state index contributed by atoms with van der Waals surface area (Å²) in [6.07, 6.45) is 0. The van der Waals surface area contributed by atoms with E-state index in [0.717, 1.165) is 5.56 Å². The molecule has 0 amide bonds. The largest absolute Gasteiger partial charge is 0.476 e. The molecule has 0 bridgehead atoms. The summed E-state index contributed by atoms with van der Waals surface area (Å²) < 4.78 is 21.1. The van der Waals surface area contributed by atoms with Crippen LogP contribution in [0.25, 0.3) is 0 Å². The first-order valence-electron chi connectivity index (χ1n) is 4.24. The van der Waals surface area contributed by atoms with Gasteiger partial charge in [0.1, 0.15) is 5.75 Å². The summed E-state index contributed by atoms with van der Waals surface area (Å²) in [5.41, 5.74) is 1.10. The maximum Gasteiger partial charge on any atom is 0.476 e. The van der Waals surface area contributed by atoms with Gasteiger partial charge in [0.2, 0.25) is 0 Å². The fourth-order valence-corrected chi connectivity index (χ4v) is 2.17. The lowest BCUT2D eigenvalue weighted by Crippen LogP contribution is -1.92. The Hall–Kier alpha value is -0.500. The number of aryl methyl sites for hydroxylation is 1. The van der Waals surface area contributed by atoms with E-state index in [4.69, 9.17) is 20.3 Å². The van der Waals surface area contributed by atoms with Gasteiger partial charge in [-0.2, -0.15) is 0 Å². The van der Waals surface area contributed by atoms with E-state index in [2.05, 4.69) is 0 Å². The van der Waals surface area contributed by atoms with Gasteiger partial charge in [0.25, 0.3) is 0 Å². The minimum absolute atomic E-state index is 0.257. The molecule has 0 heterocycles. The van der Waals surface area contributed by atoms with E-state index in [1.807, 2.05) is 19.1 Å². The van der Waals surface area contributed by atoms with Gasteiger partial charge >= 0.3 is 6.95 Å². The third-order valence-electron chi connectivity index (χ3n) is 1.52. The maximum atomic E-state index is 11.4. The molecule has 0 aliphatic heterocycles. The van der Waals surface area contributed by atoms with E-state index in [0.29, 0.717) is 5.75 Å². The third-order valence-corrected chi connectivity index (χ3v) is 3.01. The van der Waals surface area contributed by atoms with Crippen molar-refractivity contribution in [2.75, 3.05) is 6.61 Å². The maximum absolute atomic E-state index is 11.4. The average Bonchev–Trinajstić information content (AvgIpc) is 2.08. The van der Waals surface area contributed by atoms with Gasteiger partial charge in [-0.05, 0) is 26.0 Å². The second-order valence-corrected chi connectivity index (χ2v) is 5.30. The van der Waals surface area contributed by atoms with E-state index in [1.165, 1.54) is 0 Å². The van der Waals surface area contributed by atoms with Crippen molar-refractivity contribution in [3.8, 4) is 5.75 Å². The van der Waals surface area contributed by atoms with Crippen LogP contribution in [-0.4, -0.2) is 6.61 Å². The Bertz CT molecular complexity index is 336. The molecule has 0 saturated heterocycles. The molecule has 0 aromatic heterocycles. The Morgan fingerprint density at radius 3 is 2.43 bits per heavy atom. The Morgan fingerprint density at radius 2 is 1.93 bits per heavy atom. The summed E-state index contributed by atoms with van der Waals surface area (Å²) in [4.78, 5) is 0. The lowest BCUT2D eigenvalue weighted by Gasteiger charge is -2.11. The molecule has 1 rings (SSSR count). The number of rotatable bonds is 4. The van der Waals surface area contributed by atoms with Gasteiger partial charge in [-0.25, -0.2) is 4.57 Å². The molecule has 14 heavy (non-hydrogen) atoms. The zero-order valence-corrected chi connectivity index (χ0v) is 9.72. The standard InChI is InChI=1S/C9H12ClO3P/c1-3-12-14(10,11)13-9-6-4-8(2)5-7-9/h4-7H,3H2,1-2H3/t14-/m0/s1. The molecule has 3 nitrogen and oxygen atoms in total. The van der Waals surface area contributed by atoms with Crippen molar-refractivity contribution >= 4 is 18.2 Å². The molecule has 0 fully saturated rings. The second kappa shape index (κ2) is 4.83. The highest BCUT2D eigenvalue weighted by Crippen LogP contribution is 2.53. The van der Waals surface area contributed by atoms with Crippen LogP contribution >= 0.6 is 18.2 Å². The van der Waals surface area contributed by atoms with Crippen LogP contribution in [0.5, 0.6) is 5.75 Å². The molecule has 0 saturated carbocycles. The van der Waals surface area contributed by atoms with Crippen LogP contribution in [0.1, 0.15) is 12.5 Å². The molecule has 1 aromatic carbocycles. The van der Waals surface area contributed by atoms with Crippen LogP contribution in [0.3, 0.4) is 0 Å². The summed E-state index contributed by atoms with van der Waals surface area (Å²) in [5.74, 6) is 0.447. The van der Waals surface area contributed by atoms with Crippen molar-refractivity contribution in [3.05, 3.63) is 29.8 Å². The highest BCUT2D eigenvalue weighted by atomic mass is 35.7. The lowest BCUT2D eigenvalue weighted by atomic mass is 10.2. The minimum Gasteiger partial charge on any atom is -0.413 e. The summed E-state index contributed by atoms with van der Waals surface area (Å²) in [6.45, 7) is 0.452. The molecule has 0 aliphatic carbocycles. The van der Waals surface area contributed by atoms with Crippen molar-refractivity contribution in [1.82, 2.24) is 0 Å². The Labute approximate surface area is 88.3 Å². The highest BCUT2D eigenvalue weighted by Gasteiger charge is 2.21. The molecule has 0 spiro atoms. The van der Waals surface area contributed by atoms with Crippen LogP contribution in [-0.2, 0) is 9.09 Å². The molecule has 0 unspecified atom stereocenters. The molecule has 0 N–H and O–H groups in total. The van der Waals surface area contributed by atoms with Crippen molar-refractivity contribution in [3.63, 3.8) is 0 Å². The fraction of sp³-hybridized carbons (Fsp3) is 0.333. The molecular weight excluding hydrogens is 223 g/mol.